The molecule has 4 aliphatic rings. The van der Waals surface area contributed by atoms with Gasteiger partial charge in [-0.3, -0.25) is 0 Å². The summed E-state index contributed by atoms with van der Waals surface area (Å²) in [6.07, 6.45) is 5.01. The second-order valence-corrected chi connectivity index (χ2v) is 46.2. The Hall–Kier alpha value is -12.2. The molecule has 0 heterocycles. The van der Waals surface area contributed by atoms with Gasteiger partial charge in [0.15, 0.2) is 82.0 Å². The van der Waals surface area contributed by atoms with Crippen LogP contribution in [0.15, 0.2) is 423 Å². The Morgan fingerprint density at radius 2 is 0.478 bits per heavy atom. The van der Waals surface area contributed by atoms with Gasteiger partial charge in [0.2, 0.25) is 5.82 Å². The Labute approximate surface area is 819 Å². The van der Waals surface area contributed by atoms with Gasteiger partial charge in [-0.1, -0.05) is 296 Å². The number of benzene rings is 14. The van der Waals surface area contributed by atoms with Crippen LogP contribution in [0, 0.1) is 58.1 Å². The largest absolute Gasteiger partial charge is 0.550 e. The molecule has 4 bridgehead atoms. The Morgan fingerprint density at radius 3 is 0.652 bits per heavy atom. The number of carbonyl (C=O) groups excluding carboxylic acids is 4. The topological polar surface area (TPSA) is 161 Å². The normalized spacial score (nSPS) is 15.2. The van der Waals surface area contributed by atoms with E-state index in [-0.39, 0.29) is 76.6 Å². The highest BCUT2D eigenvalue weighted by molar-refractivity contribution is 7.98. The maximum atomic E-state index is 13.2. The van der Waals surface area contributed by atoms with Crippen LogP contribution in [0.2, 0.25) is 0 Å². The molecule has 0 N–H and O–H groups in total. The van der Waals surface area contributed by atoms with Crippen molar-refractivity contribution in [3.8, 4) is 0 Å². The zero-order chi connectivity index (χ0) is 100. The Kier molecular flexibility index (Phi) is 38.6. The van der Waals surface area contributed by atoms with E-state index in [0.717, 1.165) is 29.7 Å². The zero-order valence-electron chi connectivity index (χ0n) is 80.0. The molecule has 4 saturated carbocycles. The summed E-state index contributed by atoms with van der Waals surface area (Å²) < 4.78 is 99.1. The number of alkyl halides is 2. The zero-order valence-corrected chi connectivity index (χ0v) is 83.2. The second-order valence-electron chi connectivity index (χ2n) is 38.1. The van der Waals surface area contributed by atoms with Crippen LogP contribution in [-0.2, 0) is 74.8 Å². The molecule has 0 saturated heterocycles. The molecule has 0 spiro atoms. The Balaban J connectivity index is 0.000000165. The molecule has 0 radical (unpaired) electrons. The number of hydrogen-bond donors (Lipinski definition) is 0. The number of hydrogen-bond acceptors (Lipinski definition) is 8. The van der Waals surface area contributed by atoms with E-state index in [1.54, 1.807) is 12.1 Å². The van der Waals surface area contributed by atoms with Gasteiger partial charge in [-0.2, -0.15) is 0 Å². The summed E-state index contributed by atoms with van der Waals surface area (Å²) in [5.74, 6) is -19.1. The lowest BCUT2D eigenvalue weighted by atomic mass is 9.49. The van der Waals surface area contributed by atoms with Crippen LogP contribution < -0.4 is 20.4 Å². The van der Waals surface area contributed by atoms with E-state index in [1.807, 2.05) is 60.7 Å². The van der Waals surface area contributed by atoms with Gasteiger partial charge >= 0.3 is 0 Å². The first-order chi connectivity index (χ1) is 65.4. The fraction of sp³-hybridized carbons (Fsp3) is 0.254. The van der Waals surface area contributed by atoms with Gasteiger partial charge in [0, 0.05) is 23.8 Å². The fourth-order valence-electron chi connectivity index (χ4n) is 16.5. The lowest BCUT2D eigenvalue weighted by Gasteiger charge is -2.57. The number of carbonyl (C=O) groups is 4. The number of halogens is 8. The van der Waals surface area contributed by atoms with E-state index < -0.39 is 82.7 Å². The highest BCUT2D eigenvalue weighted by Gasteiger charge is 2.52. The third-order valence-electron chi connectivity index (χ3n) is 23.5. The maximum Gasteiger partial charge on any atom is 0.253 e. The summed E-state index contributed by atoms with van der Waals surface area (Å²) in [5, 5.41) is 41.2. The van der Waals surface area contributed by atoms with Crippen molar-refractivity contribution in [1.82, 2.24) is 0 Å². The predicted molar refractivity (Wildman–Crippen MR) is 533 cm³/mol. The number of rotatable bonds is 18. The smallest absolute Gasteiger partial charge is 0.253 e. The molecule has 0 amide bonds. The molecule has 0 aromatic heterocycles. The first kappa shape index (κ1) is 108. The quantitative estimate of drug-likeness (QED) is 0.0355. The molecular weight excluding hydrogens is 1830 g/mol. The molecule has 18 rings (SSSR count). The predicted octanol–water partition coefficient (Wildman–Crippen LogP) is 26.4. The minimum atomic E-state index is -3.10. The van der Waals surface area contributed by atoms with Gasteiger partial charge in [-0.15, -0.1) is 0 Å². The van der Waals surface area contributed by atoms with E-state index >= 15 is 0 Å². The number of aromatic carboxylic acids is 2. The standard InChI is InChI=1S/3C22H23S.C18H14FS.C11H16O2.C11H14O2.C7HF5O2.C5H8F2O2/c3*1-22(2,3)18-14-16-21(17-15-18)23(19-10-6-4-7-11-19)20-12-8-5-9-13-20;19-15-11-13-18(14-12-15)20(16-7-3-1-4-8-16)17-9-5-2-6-10-17;12-10(13)11-4-7-1-8(5-11)3-9(2-7)6-11;1-11(2,3)9-6-4-8(5-7-9)10(12)13;8-2-1(7(13)14)3(9)5(11)6(12)4(2)10;1-2-5(6,7)3-4(8)9/h3*4-17H,1-3H3;1-14H;7-9H,1-6H2,(H,12,13);4-7H,1-3H3,(H,12,13);(H,13,14);2-3H2,1H3,(H,8,9)/q4*+1;;;;/p-4. The minimum Gasteiger partial charge on any atom is -0.550 e. The van der Waals surface area contributed by atoms with Gasteiger partial charge in [0.25, 0.3) is 5.92 Å². The van der Waals surface area contributed by atoms with Crippen molar-refractivity contribution in [3.05, 3.63) is 432 Å². The van der Waals surface area contributed by atoms with E-state index in [4.69, 9.17) is 0 Å². The molecule has 4 aliphatic carbocycles. The van der Waals surface area contributed by atoms with E-state index in [1.165, 1.54) is 109 Å². The van der Waals surface area contributed by atoms with E-state index in [9.17, 15) is 74.7 Å². The van der Waals surface area contributed by atoms with Gasteiger partial charge in [0.1, 0.15) is 5.82 Å². The van der Waals surface area contributed by atoms with Gasteiger partial charge < -0.3 is 39.6 Å². The van der Waals surface area contributed by atoms with Crippen molar-refractivity contribution in [2.45, 2.75) is 228 Å². The fourth-order valence-corrected chi connectivity index (χ4v) is 24.8. The third kappa shape index (κ3) is 30.6. The number of carboxylic acid groups (broad SMARTS) is 4. The summed E-state index contributed by atoms with van der Waals surface area (Å²) >= 11 is 0. The molecule has 0 aliphatic heterocycles. The second kappa shape index (κ2) is 49.4. The average Bonchev–Trinajstić information content (AvgIpc) is 0.741. The number of carboxylic acids is 4. The molecule has 20 heteroatoms. The molecule has 0 atom stereocenters. The van der Waals surface area contributed by atoms with Gasteiger partial charge in [-0.05, 0) is 263 Å². The van der Waals surface area contributed by atoms with Crippen LogP contribution in [0.5, 0.6) is 0 Å². The maximum absolute atomic E-state index is 13.2. The Bertz CT molecular complexity index is 5630. The molecule has 14 aromatic rings. The average molecular weight is 1940 g/mol. The van der Waals surface area contributed by atoms with Crippen molar-refractivity contribution in [2.24, 2.45) is 23.2 Å². The summed E-state index contributed by atoms with van der Waals surface area (Å²) in [6.45, 7) is 27.8. The minimum absolute atomic E-state index is 0.0497. The van der Waals surface area contributed by atoms with Crippen molar-refractivity contribution in [1.29, 1.82) is 0 Å². The van der Waals surface area contributed by atoms with Gasteiger partial charge in [0.05, 0.1) is 67.5 Å². The van der Waals surface area contributed by atoms with Crippen molar-refractivity contribution < 1.29 is 74.7 Å². The van der Waals surface area contributed by atoms with Crippen LogP contribution in [0.3, 0.4) is 0 Å². The van der Waals surface area contributed by atoms with Crippen molar-refractivity contribution in [2.75, 3.05) is 0 Å². The van der Waals surface area contributed by atoms with E-state index in [0.29, 0.717) is 17.8 Å². The van der Waals surface area contributed by atoms with Crippen LogP contribution in [0.1, 0.15) is 184 Å². The van der Waals surface area contributed by atoms with Crippen molar-refractivity contribution in [3.63, 3.8) is 0 Å². The molecule has 0 unspecified atom stereocenters. The Morgan fingerprint density at radius 1 is 0.283 bits per heavy atom. The first-order valence-electron chi connectivity index (χ1n) is 45.7. The monoisotopic (exact) mass is 1940 g/mol. The summed E-state index contributed by atoms with van der Waals surface area (Å²) in [6, 6.07) is 127. The number of aliphatic carboxylic acids is 2. The molecule has 138 heavy (non-hydrogen) atoms. The SMILES string of the molecule is CC(C)(C)c1ccc(C(=O)[O-])cc1.CC(C)(C)c1ccc([S+](c2ccccc2)c2ccccc2)cc1.CC(C)(C)c1ccc([S+](c2ccccc2)c2ccccc2)cc1.CC(C)(C)c1ccc([S+](c2ccccc2)c2ccccc2)cc1.CCC(F)(F)CC(=O)[O-].Fc1ccc([S+](c2ccccc2)c2ccccc2)cc1.O=C([O-])C12CC3CC(CC(C3)C1)C2.O=C([O-])c1c(F)c(F)c(F)c(F)c1F. The summed E-state index contributed by atoms with van der Waals surface area (Å²) in [5.41, 5.74) is 3.76. The summed E-state index contributed by atoms with van der Waals surface area (Å²) in [7, 11) is -0.339. The third-order valence-corrected chi connectivity index (χ3v) is 32.5. The lowest BCUT2D eigenvalue weighted by molar-refractivity contribution is -0.327. The van der Waals surface area contributed by atoms with Crippen LogP contribution >= 0.6 is 0 Å². The molecular formula is C118H118F8O8S4. The van der Waals surface area contributed by atoms with E-state index in [2.05, 4.69) is 362 Å². The molecule has 8 nitrogen and oxygen atoms in total. The highest BCUT2D eigenvalue weighted by Crippen LogP contribution is 2.60. The molecule has 14 aromatic carbocycles. The van der Waals surface area contributed by atoms with Crippen LogP contribution in [0.4, 0.5) is 35.1 Å². The highest BCUT2D eigenvalue weighted by atomic mass is 32.2. The van der Waals surface area contributed by atoms with Crippen molar-refractivity contribution >= 4 is 67.5 Å². The van der Waals surface area contributed by atoms with Crippen LogP contribution in [0.25, 0.3) is 0 Å². The molecule has 4 fully saturated rings. The lowest BCUT2D eigenvalue weighted by Crippen LogP contribution is -2.54. The first-order valence-corrected chi connectivity index (χ1v) is 50.6. The summed E-state index contributed by atoms with van der Waals surface area (Å²) in [4.78, 5) is 57.1. The van der Waals surface area contributed by atoms with Crippen LogP contribution in [-0.4, -0.2) is 29.8 Å². The molecule has 718 valence electrons. The van der Waals surface area contributed by atoms with Gasteiger partial charge in [-0.25, -0.2) is 35.1 Å².